The predicted octanol–water partition coefficient (Wildman–Crippen LogP) is 5.66. The Hall–Kier alpha value is -3.56. The van der Waals surface area contributed by atoms with Crippen molar-refractivity contribution in [1.82, 2.24) is 19.9 Å². The van der Waals surface area contributed by atoms with Gasteiger partial charge in [0, 0.05) is 30.8 Å². The summed E-state index contributed by atoms with van der Waals surface area (Å²) in [6.07, 6.45) is 9.32. The van der Waals surface area contributed by atoms with Crippen LogP contribution in [0.5, 0.6) is 5.88 Å². The fraction of sp³-hybridized carbons (Fsp3) is 0.517. The van der Waals surface area contributed by atoms with Crippen molar-refractivity contribution in [3.8, 4) is 17.3 Å². The third-order valence-corrected chi connectivity index (χ3v) is 8.24. The van der Waals surface area contributed by atoms with Gasteiger partial charge in [0.2, 0.25) is 11.8 Å². The van der Waals surface area contributed by atoms with Gasteiger partial charge in [-0.05, 0) is 62.5 Å². The van der Waals surface area contributed by atoms with E-state index in [-0.39, 0.29) is 35.7 Å². The van der Waals surface area contributed by atoms with Crippen LogP contribution < -0.4 is 10.1 Å². The minimum absolute atomic E-state index is 0.0194. The summed E-state index contributed by atoms with van der Waals surface area (Å²) in [6.45, 7) is 0. The largest absolute Gasteiger partial charge is 0.481 e. The number of nitrogens with zero attached hydrogens (tertiary/aromatic N) is 3. The van der Waals surface area contributed by atoms with Gasteiger partial charge in [-0.25, -0.2) is 18.7 Å². The number of carboxylic acid groups (broad SMARTS) is 1. The molecule has 2 aliphatic rings. The lowest BCUT2D eigenvalue weighted by atomic mass is 9.82. The minimum atomic E-state index is -1.01. The molecule has 1 atom stereocenters. The summed E-state index contributed by atoms with van der Waals surface area (Å²) in [5.41, 5.74) is 1.11. The number of fused-ring (bicyclic) bond motifs is 1. The van der Waals surface area contributed by atoms with Crippen LogP contribution in [0.25, 0.3) is 22.4 Å². The van der Waals surface area contributed by atoms with Crippen molar-refractivity contribution in [2.24, 2.45) is 11.8 Å². The summed E-state index contributed by atoms with van der Waals surface area (Å²) in [6, 6.07) is 4.91. The fourth-order valence-electron chi connectivity index (χ4n) is 6.32. The monoisotopic (exact) mass is 540 g/mol. The Morgan fingerprint density at radius 2 is 1.82 bits per heavy atom. The van der Waals surface area contributed by atoms with E-state index in [1.54, 1.807) is 22.9 Å². The highest BCUT2D eigenvalue weighted by molar-refractivity contribution is 5.88. The van der Waals surface area contributed by atoms with Crippen LogP contribution >= 0.6 is 0 Å². The van der Waals surface area contributed by atoms with Gasteiger partial charge in [-0.15, -0.1) is 0 Å². The first-order valence-electron chi connectivity index (χ1n) is 13.7. The normalized spacial score (nSPS) is 21.0. The summed E-state index contributed by atoms with van der Waals surface area (Å²) in [5.74, 6) is -2.23. The lowest BCUT2D eigenvalue weighted by molar-refractivity contribution is -0.138. The molecule has 3 aromatic rings. The van der Waals surface area contributed by atoms with Gasteiger partial charge < -0.3 is 19.7 Å². The van der Waals surface area contributed by atoms with E-state index in [4.69, 9.17) is 9.84 Å². The number of imidazole rings is 1. The molecule has 10 heteroatoms. The summed E-state index contributed by atoms with van der Waals surface area (Å²) in [4.78, 5) is 34.2. The van der Waals surface area contributed by atoms with Gasteiger partial charge in [-0.2, -0.15) is 0 Å². The number of carbonyl (C=O) groups is 2. The molecule has 0 radical (unpaired) electrons. The van der Waals surface area contributed by atoms with E-state index in [0.29, 0.717) is 35.6 Å². The summed E-state index contributed by atoms with van der Waals surface area (Å²) in [5, 5.41) is 12.4. The van der Waals surface area contributed by atoms with E-state index >= 15 is 0 Å². The summed E-state index contributed by atoms with van der Waals surface area (Å²) in [7, 11) is 1.49. The minimum Gasteiger partial charge on any atom is -0.481 e. The molecule has 2 saturated carbocycles. The third-order valence-electron chi connectivity index (χ3n) is 8.24. The van der Waals surface area contributed by atoms with Gasteiger partial charge in [0.25, 0.3) is 0 Å². The van der Waals surface area contributed by atoms with Crippen molar-refractivity contribution in [2.75, 3.05) is 7.11 Å². The number of carbonyl (C=O) groups excluding carboxylic acids is 1. The molecule has 39 heavy (non-hydrogen) atoms. The summed E-state index contributed by atoms with van der Waals surface area (Å²) < 4.78 is 36.1. The van der Waals surface area contributed by atoms with Crippen LogP contribution in [0.2, 0.25) is 0 Å². The Labute approximate surface area is 225 Å². The fourth-order valence-corrected chi connectivity index (χ4v) is 6.32. The van der Waals surface area contributed by atoms with Crippen LogP contribution in [-0.2, 0) is 9.59 Å². The molecule has 2 fully saturated rings. The maximum atomic E-state index is 14.6. The number of aromatic nitrogens is 3. The van der Waals surface area contributed by atoms with E-state index in [1.807, 2.05) is 0 Å². The Balaban J connectivity index is 1.57. The smallest absolute Gasteiger partial charge is 0.303 e. The molecule has 208 valence electrons. The average Bonchev–Trinajstić information content (AvgIpc) is 3.27. The molecule has 2 N–H and O–H groups in total. The van der Waals surface area contributed by atoms with E-state index < -0.39 is 23.6 Å². The lowest BCUT2D eigenvalue weighted by Crippen LogP contribution is -2.44. The molecule has 0 saturated heterocycles. The molecular formula is C29H34F2N4O4. The van der Waals surface area contributed by atoms with E-state index in [0.717, 1.165) is 57.1 Å². The number of hydrogen-bond donors (Lipinski definition) is 2. The molecule has 1 amide bonds. The molecule has 2 aromatic heterocycles. The number of ether oxygens (including phenoxy) is 1. The lowest BCUT2D eigenvalue weighted by Gasteiger charge is -2.34. The van der Waals surface area contributed by atoms with Crippen molar-refractivity contribution >= 4 is 22.9 Å². The van der Waals surface area contributed by atoms with Crippen LogP contribution in [-0.4, -0.2) is 44.7 Å². The number of methoxy groups -OCH3 is 1. The van der Waals surface area contributed by atoms with Crippen molar-refractivity contribution < 1.29 is 28.2 Å². The number of carboxylic acids is 1. The standard InChI is InChI=1S/C29H34F2N4O4/c1-39-29-20(8-5-13-32-29)27-34-23-15-21(30)22(31)16-24(23)35(27)26(18-6-3-2-4-7-18)28(38)33-19-11-9-17(10-12-19)14-25(36)37/h5,8,13,15-19,26H,2-4,6-7,9-12,14H2,1H3,(H,33,38)(H,36,37)/t17-,19-,26?. The first kappa shape index (κ1) is 27.0. The highest BCUT2D eigenvalue weighted by Gasteiger charge is 2.36. The molecule has 0 bridgehead atoms. The predicted molar refractivity (Wildman–Crippen MR) is 141 cm³/mol. The van der Waals surface area contributed by atoms with Gasteiger partial charge in [-0.3, -0.25) is 9.59 Å². The maximum Gasteiger partial charge on any atom is 0.303 e. The molecule has 0 aliphatic heterocycles. The third kappa shape index (κ3) is 5.74. The zero-order chi connectivity index (χ0) is 27.5. The molecule has 1 aromatic carbocycles. The second-order valence-electron chi connectivity index (χ2n) is 10.8. The van der Waals surface area contributed by atoms with Gasteiger partial charge in [0.1, 0.15) is 11.9 Å². The topological polar surface area (TPSA) is 106 Å². The van der Waals surface area contributed by atoms with Gasteiger partial charge in [0.05, 0.1) is 23.7 Å². The van der Waals surface area contributed by atoms with Crippen molar-refractivity contribution in [2.45, 2.75) is 76.3 Å². The van der Waals surface area contributed by atoms with Gasteiger partial charge >= 0.3 is 5.97 Å². The number of amides is 1. The Bertz CT molecular complexity index is 1350. The van der Waals surface area contributed by atoms with Gasteiger partial charge in [0.15, 0.2) is 11.6 Å². The first-order chi connectivity index (χ1) is 18.9. The molecule has 1 unspecified atom stereocenters. The number of rotatable bonds is 8. The van der Waals surface area contributed by atoms with Crippen molar-refractivity contribution in [3.05, 3.63) is 42.1 Å². The Morgan fingerprint density at radius 1 is 1.10 bits per heavy atom. The van der Waals surface area contributed by atoms with E-state index in [2.05, 4.69) is 15.3 Å². The highest BCUT2D eigenvalue weighted by Crippen LogP contribution is 2.40. The van der Waals surface area contributed by atoms with Crippen LogP contribution in [0.3, 0.4) is 0 Å². The van der Waals surface area contributed by atoms with Crippen molar-refractivity contribution in [3.63, 3.8) is 0 Å². The van der Waals surface area contributed by atoms with E-state index in [1.165, 1.54) is 7.11 Å². The number of aliphatic carboxylic acids is 1. The number of hydrogen-bond acceptors (Lipinski definition) is 5. The molecular weight excluding hydrogens is 506 g/mol. The number of halogens is 2. The molecule has 5 rings (SSSR count). The summed E-state index contributed by atoms with van der Waals surface area (Å²) >= 11 is 0. The van der Waals surface area contributed by atoms with Crippen LogP contribution in [0.1, 0.15) is 70.3 Å². The number of pyridine rings is 1. The van der Waals surface area contributed by atoms with Crippen LogP contribution in [0, 0.1) is 23.5 Å². The van der Waals surface area contributed by atoms with Crippen LogP contribution in [0.4, 0.5) is 8.78 Å². The SMILES string of the molecule is COc1ncccc1-c1nc2cc(F)c(F)cc2n1C(C(=O)N[C@H]1CC[C@H](CC(=O)O)CC1)C1CCCCC1. The van der Waals surface area contributed by atoms with Crippen molar-refractivity contribution in [1.29, 1.82) is 0 Å². The quantitative estimate of drug-likeness (QED) is 0.382. The molecule has 0 spiro atoms. The molecule has 2 aliphatic carbocycles. The maximum absolute atomic E-state index is 14.6. The van der Waals surface area contributed by atoms with Gasteiger partial charge in [-0.1, -0.05) is 19.3 Å². The number of benzene rings is 1. The second-order valence-corrected chi connectivity index (χ2v) is 10.8. The number of nitrogens with one attached hydrogen (secondary N) is 1. The molecule has 2 heterocycles. The van der Waals surface area contributed by atoms with Crippen LogP contribution in [0.15, 0.2) is 30.5 Å². The Kier molecular flexibility index (Phi) is 8.09. The Morgan fingerprint density at radius 3 is 2.51 bits per heavy atom. The highest BCUT2D eigenvalue weighted by atomic mass is 19.2. The van der Waals surface area contributed by atoms with E-state index in [9.17, 15) is 18.4 Å². The second kappa shape index (κ2) is 11.7. The molecule has 8 nitrogen and oxygen atoms in total. The zero-order valence-corrected chi connectivity index (χ0v) is 22.0. The average molecular weight is 541 g/mol. The zero-order valence-electron chi connectivity index (χ0n) is 22.0. The first-order valence-corrected chi connectivity index (χ1v) is 13.7.